The van der Waals surface area contributed by atoms with Crippen LogP contribution in [0.25, 0.3) is 20.5 Å². The van der Waals surface area contributed by atoms with Crippen molar-refractivity contribution in [1.29, 1.82) is 0 Å². The molecule has 0 aliphatic carbocycles. The summed E-state index contributed by atoms with van der Waals surface area (Å²) in [6.45, 7) is 0.480. The lowest BCUT2D eigenvalue weighted by molar-refractivity contribution is -0.159. The van der Waals surface area contributed by atoms with Gasteiger partial charge in [0.25, 0.3) is 0 Å². The minimum Gasteiger partial charge on any atom is -0.491 e. The van der Waals surface area contributed by atoms with Gasteiger partial charge in [0.1, 0.15) is 12.4 Å². The molecule has 9 heteroatoms. The zero-order valence-corrected chi connectivity index (χ0v) is 17.1. The molecule has 1 aliphatic heterocycles. The van der Waals surface area contributed by atoms with Crippen LogP contribution in [0.2, 0.25) is 0 Å². The number of nitrogens with one attached hydrogen (secondary N) is 1. The second-order valence-electron chi connectivity index (χ2n) is 6.71. The lowest BCUT2D eigenvalue weighted by atomic mass is 10.1. The number of hydrogen-bond acceptors (Lipinski definition) is 6. The van der Waals surface area contributed by atoms with Gasteiger partial charge in [0, 0.05) is 26.9 Å². The summed E-state index contributed by atoms with van der Waals surface area (Å²) in [7, 11) is 0. The van der Waals surface area contributed by atoms with Crippen molar-refractivity contribution in [1.82, 2.24) is 5.32 Å². The number of aldehydes is 1. The largest absolute Gasteiger partial charge is 0.491 e. The molecule has 1 aliphatic rings. The third-order valence-electron chi connectivity index (χ3n) is 4.59. The average molecular weight is 441 g/mol. The fourth-order valence-electron chi connectivity index (χ4n) is 3.10. The number of thiophene rings is 1. The number of carbonyl (C=O) groups is 4. The topological polar surface area (TPSA) is 130 Å². The second-order valence-corrected chi connectivity index (χ2v) is 7.76. The van der Waals surface area contributed by atoms with Gasteiger partial charge in [-0.25, -0.2) is 9.59 Å². The highest BCUT2D eigenvalue weighted by molar-refractivity contribution is 7.22. The molecule has 1 fully saturated rings. The molecule has 1 unspecified atom stereocenters. The van der Waals surface area contributed by atoms with Crippen LogP contribution in [0.3, 0.4) is 0 Å². The maximum absolute atomic E-state index is 11.6. The molecule has 4 rings (SSSR count). The predicted molar refractivity (Wildman–Crippen MR) is 115 cm³/mol. The highest BCUT2D eigenvalue weighted by atomic mass is 32.1. The molecule has 2 heterocycles. The number of carboxylic acid groups (broad SMARTS) is 2. The summed E-state index contributed by atoms with van der Waals surface area (Å²) in [5.41, 5.74) is 1.74. The molecule has 1 amide bonds. The van der Waals surface area contributed by atoms with E-state index in [1.807, 2.05) is 48.5 Å². The first-order valence-corrected chi connectivity index (χ1v) is 10.2. The molecule has 0 bridgehead atoms. The standard InChI is InChI=1S/C20H17NO3S.C2H2O4/c22-11-17-16-3-1-2-4-18(16)25-20(17)13-5-8-15(9-6-13)24-12-14-7-10-19(23)21-14;3-1(4)2(5)6/h1-6,8-9,11,14H,7,10,12H2,(H,21,23);(H,3,4)(H,5,6). The molecular weight excluding hydrogens is 422 g/mol. The monoisotopic (exact) mass is 441 g/mol. The van der Waals surface area contributed by atoms with Gasteiger partial charge in [-0.2, -0.15) is 0 Å². The Bertz CT molecular complexity index is 1110. The van der Waals surface area contributed by atoms with Gasteiger partial charge in [-0.05, 0) is 42.3 Å². The van der Waals surface area contributed by atoms with Crippen molar-refractivity contribution < 1.29 is 34.1 Å². The zero-order chi connectivity index (χ0) is 22.4. The number of aliphatic carboxylic acids is 2. The van der Waals surface area contributed by atoms with E-state index in [9.17, 15) is 9.59 Å². The van der Waals surface area contributed by atoms with Crippen molar-refractivity contribution in [2.45, 2.75) is 18.9 Å². The lowest BCUT2D eigenvalue weighted by Gasteiger charge is -2.12. The summed E-state index contributed by atoms with van der Waals surface area (Å²) in [6, 6.07) is 15.8. The molecule has 0 radical (unpaired) electrons. The Balaban J connectivity index is 0.000000401. The number of benzene rings is 2. The van der Waals surface area contributed by atoms with E-state index in [1.54, 1.807) is 11.3 Å². The van der Waals surface area contributed by atoms with Crippen LogP contribution in [0, 0.1) is 0 Å². The van der Waals surface area contributed by atoms with E-state index in [2.05, 4.69) is 5.32 Å². The van der Waals surface area contributed by atoms with Gasteiger partial charge in [0.05, 0.1) is 6.04 Å². The van der Waals surface area contributed by atoms with Gasteiger partial charge in [-0.15, -0.1) is 11.3 Å². The first-order chi connectivity index (χ1) is 14.9. The average Bonchev–Trinajstić information content (AvgIpc) is 3.36. The third kappa shape index (κ3) is 5.46. The molecule has 1 saturated heterocycles. The van der Waals surface area contributed by atoms with Crippen LogP contribution < -0.4 is 10.1 Å². The van der Waals surface area contributed by atoms with E-state index >= 15 is 0 Å². The number of carbonyl (C=O) groups excluding carboxylic acids is 2. The number of ether oxygens (including phenoxy) is 1. The van der Waals surface area contributed by atoms with Crippen LogP contribution in [-0.4, -0.2) is 47.0 Å². The Kier molecular flexibility index (Phi) is 6.99. The van der Waals surface area contributed by atoms with Gasteiger partial charge in [-0.3, -0.25) is 9.59 Å². The fourth-order valence-corrected chi connectivity index (χ4v) is 4.27. The Labute approximate surface area is 181 Å². The number of rotatable bonds is 5. The molecule has 160 valence electrons. The minimum atomic E-state index is -1.82. The van der Waals surface area contributed by atoms with Gasteiger partial charge in [0.15, 0.2) is 6.29 Å². The lowest BCUT2D eigenvalue weighted by Crippen LogP contribution is -2.30. The quantitative estimate of drug-likeness (QED) is 0.409. The molecule has 3 aromatic rings. The molecule has 31 heavy (non-hydrogen) atoms. The number of carboxylic acids is 2. The van der Waals surface area contributed by atoms with Gasteiger partial charge >= 0.3 is 11.9 Å². The first kappa shape index (κ1) is 22.0. The van der Waals surface area contributed by atoms with Crippen molar-refractivity contribution in [2.24, 2.45) is 0 Å². The predicted octanol–water partition coefficient (Wildman–Crippen LogP) is 3.19. The van der Waals surface area contributed by atoms with Crippen LogP contribution in [0.5, 0.6) is 5.75 Å². The van der Waals surface area contributed by atoms with Crippen molar-refractivity contribution in [3.05, 3.63) is 54.1 Å². The van der Waals surface area contributed by atoms with E-state index in [0.29, 0.717) is 13.0 Å². The molecule has 8 nitrogen and oxygen atoms in total. The highest BCUT2D eigenvalue weighted by Crippen LogP contribution is 2.38. The van der Waals surface area contributed by atoms with E-state index in [0.717, 1.165) is 44.5 Å². The van der Waals surface area contributed by atoms with E-state index in [-0.39, 0.29) is 11.9 Å². The summed E-state index contributed by atoms with van der Waals surface area (Å²) in [6.07, 6.45) is 2.33. The smallest absolute Gasteiger partial charge is 0.414 e. The van der Waals surface area contributed by atoms with Gasteiger partial charge in [-0.1, -0.05) is 18.2 Å². The number of fused-ring (bicyclic) bond motifs is 1. The first-order valence-electron chi connectivity index (χ1n) is 9.34. The summed E-state index contributed by atoms with van der Waals surface area (Å²) < 4.78 is 6.87. The second kappa shape index (κ2) is 9.86. The van der Waals surface area contributed by atoms with E-state index < -0.39 is 11.9 Å². The Hall–Kier alpha value is -3.72. The molecule has 3 N–H and O–H groups in total. The Morgan fingerprint density at radius 1 is 1.10 bits per heavy atom. The molecule has 1 atom stereocenters. The fraction of sp³-hybridized carbons (Fsp3) is 0.182. The summed E-state index contributed by atoms with van der Waals surface area (Å²) >= 11 is 1.62. The van der Waals surface area contributed by atoms with E-state index in [4.69, 9.17) is 24.5 Å². The Morgan fingerprint density at radius 2 is 1.77 bits per heavy atom. The van der Waals surface area contributed by atoms with Crippen LogP contribution in [0.15, 0.2) is 48.5 Å². The maximum atomic E-state index is 11.6. The minimum absolute atomic E-state index is 0.0927. The number of amides is 1. The van der Waals surface area contributed by atoms with Gasteiger partial charge < -0.3 is 20.3 Å². The summed E-state index contributed by atoms with van der Waals surface area (Å²) in [5.74, 6) is -2.79. The van der Waals surface area contributed by atoms with Crippen molar-refractivity contribution >= 4 is 45.6 Å². The zero-order valence-electron chi connectivity index (χ0n) is 16.2. The molecular formula is C22H19NO7S. The normalized spacial score (nSPS) is 15.0. The molecule has 1 aromatic heterocycles. The SMILES string of the molecule is O=C(O)C(=O)O.O=Cc1c(-c2ccc(OCC3CCC(=O)N3)cc2)sc2ccccc12. The molecule has 2 aromatic carbocycles. The van der Waals surface area contributed by atoms with Crippen molar-refractivity contribution in [2.75, 3.05) is 6.61 Å². The van der Waals surface area contributed by atoms with Crippen molar-refractivity contribution in [3.63, 3.8) is 0 Å². The van der Waals surface area contributed by atoms with Crippen LogP contribution in [0.1, 0.15) is 23.2 Å². The van der Waals surface area contributed by atoms with Gasteiger partial charge in [0.2, 0.25) is 5.91 Å². The van der Waals surface area contributed by atoms with Crippen LogP contribution in [0.4, 0.5) is 0 Å². The highest BCUT2D eigenvalue weighted by Gasteiger charge is 2.21. The Morgan fingerprint density at radius 3 is 2.35 bits per heavy atom. The number of hydrogen-bond donors (Lipinski definition) is 3. The molecule has 0 saturated carbocycles. The molecule has 0 spiro atoms. The van der Waals surface area contributed by atoms with Crippen molar-refractivity contribution in [3.8, 4) is 16.2 Å². The van der Waals surface area contributed by atoms with E-state index in [1.165, 1.54) is 0 Å². The summed E-state index contributed by atoms with van der Waals surface area (Å²) in [5, 5.41) is 18.7. The third-order valence-corrected chi connectivity index (χ3v) is 5.82. The summed E-state index contributed by atoms with van der Waals surface area (Å²) in [4.78, 5) is 41.9. The van der Waals surface area contributed by atoms with Crippen LogP contribution >= 0.6 is 11.3 Å². The maximum Gasteiger partial charge on any atom is 0.414 e. The van der Waals surface area contributed by atoms with Crippen LogP contribution in [-0.2, 0) is 14.4 Å².